The zero-order valence-corrected chi connectivity index (χ0v) is 16.7. The lowest BCUT2D eigenvalue weighted by molar-refractivity contribution is -0.148. The highest BCUT2D eigenvalue weighted by molar-refractivity contribution is 7.13. The first-order valence-electron chi connectivity index (χ1n) is 8.56. The molecule has 0 aliphatic heterocycles. The lowest BCUT2D eigenvalue weighted by Gasteiger charge is -2.14. The lowest BCUT2D eigenvalue weighted by atomic mass is 10.1. The minimum atomic E-state index is -0.502. The summed E-state index contributed by atoms with van der Waals surface area (Å²) in [7, 11) is 0. The summed E-state index contributed by atoms with van der Waals surface area (Å²) in [6.07, 6.45) is 3.41. The fourth-order valence-corrected chi connectivity index (χ4v) is 3.41. The average molecular weight is 416 g/mol. The molecule has 0 fully saturated rings. The second-order valence-corrected chi connectivity index (χ2v) is 7.36. The number of halogens is 1. The third-order valence-corrected chi connectivity index (χ3v) is 5.09. The first kappa shape index (κ1) is 20.0. The van der Waals surface area contributed by atoms with Crippen LogP contribution in [0.25, 0.3) is 10.6 Å². The number of ether oxygens (including phenoxy) is 1. The number of hydrogen-bond acceptors (Lipinski definition) is 6. The largest absolute Gasteiger partial charge is 0.455 e. The van der Waals surface area contributed by atoms with E-state index in [4.69, 9.17) is 16.3 Å². The molecule has 1 N–H and O–H groups in total. The van der Waals surface area contributed by atoms with Gasteiger partial charge in [0.25, 0.3) is 5.91 Å². The van der Waals surface area contributed by atoms with Crippen molar-refractivity contribution in [1.29, 1.82) is 0 Å². The molecule has 0 bridgehead atoms. The van der Waals surface area contributed by atoms with Gasteiger partial charge in [-0.2, -0.15) is 0 Å². The van der Waals surface area contributed by atoms with Crippen LogP contribution in [0.3, 0.4) is 0 Å². The molecule has 0 radical (unpaired) electrons. The van der Waals surface area contributed by atoms with Crippen LogP contribution in [0.2, 0.25) is 5.02 Å². The van der Waals surface area contributed by atoms with Crippen molar-refractivity contribution in [3.05, 3.63) is 70.5 Å². The zero-order valence-electron chi connectivity index (χ0n) is 15.1. The summed E-state index contributed by atoms with van der Waals surface area (Å²) in [5.74, 6) is -0.873. The predicted octanol–water partition coefficient (Wildman–Crippen LogP) is 3.82. The van der Waals surface area contributed by atoms with E-state index >= 15 is 0 Å². The van der Waals surface area contributed by atoms with Gasteiger partial charge in [-0.15, -0.1) is 11.3 Å². The molecule has 3 rings (SSSR count). The number of rotatable bonds is 7. The van der Waals surface area contributed by atoms with E-state index < -0.39 is 5.97 Å². The summed E-state index contributed by atoms with van der Waals surface area (Å²) in [5, 5.41) is 5.99. The van der Waals surface area contributed by atoms with E-state index in [1.54, 1.807) is 29.9 Å². The van der Waals surface area contributed by atoms with Gasteiger partial charge in [-0.3, -0.25) is 14.6 Å². The van der Waals surface area contributed by atoms with Crippen LogP contribution in [0.4, 0.5) is 0 Å². The van der Waals surface area contributed by atoms with Crippen LogP contribution in [0, 0.1) is 0 Å². The Kier molecular flexibility index (Phi) is 6.73. The van der Waals surface area contributed by atoms with Crippen molar-refractivity contribution < 1.29 is 14.3 Å². The van der Waals surface area contributed by atoms with Gasteiger partial charge >= 0.3 is 5.97 Å². The third-order valence-electron chi connectivity index (χ3n) is 3.90. The number of nitrogens with zero attached hydrogens (tertiary/aromatic N) is 2. The Morgan fingerprint density at radius 1 is 1.25 bits per heavy atom. The van der Waals surface area contributed by atoms with Crippen LogP contribution in [0.1, 0.15) is 24.2 Å². The maximum atomic E-state index is 12.0. The van der Waals surface area contributed by atoms with Crippen molar-refractivity contribution in [3.63, 3.8) is 0 Å². The third kappa shape index (κ3) is 5.61. The number of carbonyl (C=O) groups excluding carboxylic acids is 2. The van der Waals surface area contributed by atoms with E-state index in [2.05, 4.69) is 15.3 Å². The zero-order chi connectivity index (χ0) is 19.9. The van der Waals surface area contributed by atoms with Gasteiger partial charge < -0.3 is 10.1 Å². The Hall–Kier alpha value is -2.77. The average Bonchev–Trinajstić information content (AvgIpc) is 3.16. The first-order chi connectivity index (χ1) is 13.5. The van der Waals surface area contributed by atoms with Crippen LogP contribution < -0.4 is 5.32 Å². The van der Waals surface area contributed by atoms with E-state index in [0.29, 0.717) is 10.7 Å². The van der Waals surface area contributed by atoms with Crippen molar-refractivity contribution in [2.75, 3.05) is 6.61 Å². The van der Waals surface area contributed by atoms with Gasteiger partial charge in [0.05, 0.1) is 18.2 Å². The van der Waals surface area contributed by atoms with E-state index in [9.17, 15) is 9.59 Å². The van der Waals surface area contributed by atoms with Crippen LogP contribution >= 0.6 is 22.9 Å². The number of carbonyl (C=O) groups is 2. The normalized spacial score (nSPS) is 11.6. The number of hydrogen-bond donors (Lipinski definition) is 1. The van der Waals surface area contributed by atoms with Gasteiger partial charge in [0.15, 0.2) is 6.61 Å². The van der Waals surface area contributed by atoms with Crippen LogP contribution in [-0.4, -0.2) is 28.5 Å². The van der Waals surface area contributed by atoms with Crippen LogP contribution in [0.15, 0.2) is 54.2 Å². The number of esters is 1. The molecule has 2 heterocycles. The van der Waals surface area contributed by atoms with Crippen molar-refractivity contribution in [1.82, 2.24) is 15.3 Å². The van der Waals surface area contributed by atoms with Crippen molar-refractivity contribution >= 4 is 34.8 Å². The first-order valence-corrected chi connectivity index (χ1v) is 9.82. The molecule has 0 saturated carbocycles. The molecule has 3 aromatic rings. The van der Waals surface area contributed by atoms with Gasteiger partial charge in [0.1, 0.15) is 5.01 Å². The number of amides is 1. The smallest absolute Gasteiger partial charge is 0.312 e. The van der Waals surface area contributed by atoms with E-state index in [0.717, 1.165) is 16.1 Å². The molecule has 2 aromatic heterocycles. The SMILES string of the molecule is C[C@H](NC(=O)COC(=O)Cc1csc(-c2cccnc2)n1)c1ccc(Cl)cc1. The second-order valence-electron chi connectivity index (χ2n) is 6.06. The predicted molar refractivity (Wildman–Crippen MR) is 108 cm³/mol. The second kappa shape index (κ2) is 9.43. The minimum absolute atomic E-state index is 0.0107. The topological polar surface area (TPSA) is 81.2 Å². The maximum absolute atomic E-state index is 12.0. The number of thiazole rings is 1. The number of benzene rings is 1. The number of nitrogens with one attached hydrogen (secondary N) is 1. The molecular formula is C20H18ClN3O3S. The molecular weight excluding hydrogens is 398 g/mol. The summed E-state index contributed by atoms with van der Waals surface area (Å²) in [6.45, 7) is 1.51. The highest BCUT2D eigenvalue weighted by atomic mass is 35.5. The van der Waals surface area contributed by atoms with Gasteiger partial charge in [0, 0.05) is 28.4 Å². The molecule has 0 spiro atoms. The minimum Gasteiger partial charge on any atom is -0.455 e. The Balaban J connectivity index is 1.46. The number of aromatic nitrogens is 2. The molecule has 1 amide bonds. The fraction of sp³-hybridized carbons (Fsp3) is 0.200. The highest BCUT2D eigenvalue weighted by Crippen LogP contribution is 2.23. The molecule has 1 atom stereocenters. The fourth-order valence-electron chi connectivity index (χ4n) is 2.47. The quantitative estimate of drug-likeness (QED) is 0.593. The van der Waals surface area contributed by atoms with Crippen molar-refractivity contribution in [2.45, 2.75) is 19.4 Å². The highest BCUT2D eigenvalue weighted by Gasteiger charge is 2.14. The molecule has 0 aliphatic rings. The van der Waals surface area contributed by atoms with E-state index in [1.807, 2.05) is 31.2 Å². The molecule has 144 valence electrons. The van der Waals surface area contributed by atoms with Crippen molar-refractivity contribution in [3.8, 4) is 10.6 Å². The standard InChI is InChI=1S/C20H18ClN3O3S/c1-13(14-4-6-16(21)7-5-14)23-18(25)11-27-19(26)9-17-12-28-20(24-17)15-3-2-8-22-10-15/h2-8,10,12-13H,9,11H2,1H3,(H,23,25)/t13-/m0/s1. The summed E-state index contributed by atoms with van der Waals surface area (Å²) in [6, 6.07) is 10.7. The Bertz CT molecular complexity index is 945. The molecule has 28 heavy (non-hydrogen) atoms. The molecule has 0 aliphatic carbocycles. The van der Waals surface area contributed by atoms with E-state index in [-0.39, 0.29) is 25.0 Å². The summed E-state index contributed by atoms with van der Waals surface area (Å²) in [5.41, 5.74) is 2.40. The Labute approximate surface area is 171 Å². The Morgan fingerprint density at radius 2 is 2.04 bits per heavy atom. The molecule has 0 unspecified atom stereocenters. The maximum Gasteiger partial charge on any atom is 0.312 e. The molecule has 6 nitrogen and oxygen atoms in total. The van der Waals surface area contributed by atoms with Crippen molar-refractivity contribution in [2.24, 2.45) is 0 Å². The number of pyridine rings is 1. The van der Waals surface area contributed by atoms with Crippen LogP contribution in [0.5, 0.6) is 0 Å². The molecule has 1 aromatic carbocycles. The van der Waals surface area contributed by atoms with Gasteiger partial charge in [-0.1, -0.05) is 23.7 Å². The lowest BCUT2D eigenvalue weighted by Crippen LogP contribution is -2.31. The monoisotopic (exact) mass is 415 g/mol. The summed E-state index contributed by atoms with van der Waals surface area (Å²) >= 11 is 7.29. The summed E-state index contributed by atoms with van der Waals surface area (Å²) < 4.78 is 5.06. The Morgan fingerprint density at radius 3 is 2.75 bits per heavy atom. The van der Waals surface area contributed by atoms with E-state index in [1.165, 1.54) is 11.3 Å². The molecule has 0 saturated heterocycles. The molecule has 8 heteroatoms. The summed E-state index contributed by atoms with van der Waals surface area (Å²) in [4.78, 5) is 32.5. The van der Waals surface area contributed by atoms with Gasteiger partial charge in [-0.05, 0) is 36.8 Å². The van der Waals surface area contributed by atoms with Gasteiger partial charge in [0.2, 0.25) is 0 Å². The van der Waals surface area contributed by atoms with Gasteiger partial charge in [-0.25, -0.2) is 4.98 Å². The van der Waals surface area contributed by atoms with Crippen LogP contribution in [-0.2, 0) is 20.7 Å².